The monoisotopic (exact) mass is 490 g/mol. The van der Waals surface area contributed by atoms with Gasteiger partial charge in [0.1, 0.15) is 0 Å². The molecule has 2 aromatic rings. The fourth-order valence-electron chi connectivity index (χ4n) is 6.37. The fraction of sp³-hybridized carbons (Fsp3) is 0.552. The normalized spacial score (nSPS) is 24.0. The zero-order valence-corrected chi connectivity index (χ0v) is 21.1. The Morgan fingerprint density at radius 3 is 2.53 bits per heavy atom. The van der Waals surface area contributed by atoms with Crippen LogP contribution in [-0.2, 0) is 24.1 Å². The number of hydrogen-bond acceptors (Lipinski definition) is 6. The molecule has 0 spiro atoms. The van der Waals surface area contributed by atoms with Gasteiger partial charge in [-0.3, -0.25) is 14.6 Å². The molecule has 0 aromatic heterocycles. The van der Waals surface area contributed by atoms with E-state index in [-0.39, 0.29) is 5.91 Å². The Bertz CT molecular complexity index is 1080. The number of aliphatic hydroxyl groups excluding tert-OH is 1. The minimum atomic E-state index is -0.540. The smallest absolute Gasteiger partial charge is 0.254 e. The summed E-state index contributed by atoms with van der Waals surface area (Å²) in [5, 5.41) is 10.8. The topological polar surface area (TPSA) is 59.5 Å². The number of β-amino-alcohol motifs (C(OH)–C–C–N with tert-alkyl or cyclic N) is 1. The van der Waals surface area contributed by atoms with Gasteiger partial charge in [-0.15, -0.1) is 0 Å². The molecule has 2 fully saturated rings. The molecule has 7 heteroatoms. The van der Waals surface area contributed by atoms with Crippen LogP contribution in [0.25, 0.3) is 0 Å². The summed E-state index contributed by atoms with van der Waals surface area (Å²) in [5.41, 5.74) is 5.93. The molecule has 7 nitrogen and oxygen atoms in total. The first-order chi connectivity index (χ1) is 17.6. The third-order valence-electron chi connectivity index (χ3n) is 8.47. The fourth-order valence-corrected chi connectivity index (χ4v) is 6.37. The van der Waals surface area contributed by atoms with Crippen LogP contribution in [0.15, 0.2) is 42.5 Å². The Kier molecular flexibility index (Phi) is 6.98. The van der Waals surface area contributed by atoms with Crippen molar-refractivity contribution in [3.8, 4) is 0 Å². The van der Waals surface area contributed by atoms with Crippen molar-refractivity contribution in [3.63, 3.8) is 0 Å². The number of amides is 1. The van der Waals surface area contributed by atoms with Crippen molar-refractivity contribution in [3.05, 3.63) is 64.7 Å². The zero-order valence-electron chi connectivity index (χ0n) is 21.1. The number of aliphatic hydroxyl groups is 1. The quantitative estimate of drug-likeness (QED) is 0.669. The molecule has 192 valence electrons. The Hall–Kier alpha value is -2.45. The maximum Gasteiger partial charge on any atom is 0.254 e. The Balaban J connectivity index is 1.03. The van der Waals surface area contributed by atoms with E-state index >= 15 is 0 Å². The lowest BCUT2D eigenvalue weighted by molar-refractivity contribution is 0.0493. The molecule has 2 atom stereocenters. The lowest BCUT2D eigenvalue weighted by Crippen LogP contribution is -2.50. The number of piperazine rings is 1. The van der Waals surface area contributed by atoms with Crippen molar-refractivity contribution in [2.75, 3.05) is 70.5 Å². The molecule has 36 heavy (non-hydrogen) atoms. The second-order valence-corrected chi connectivity index (χ2v) is 10.8. The number of anilines is 1. The number of nitrogens with zero attached hydrogens (tertiary/aromatic N) is 4. The second-order valence-electron chi connectivity index (χ2n) is 10.8. The molecule has 2 unspecified atom stereocenters. The summed E-state index contributed by atoms with van der Waals surface area (Å²) >= 11 is 0. The predicted octanol–water partition coefficient (Wildman–Crippen LogP) is 2.02. The van der Waals surface area contributed by atoms with Crippen LogP contribution in [0.4, 0.5) is 5.69 Å². The number of rotatable bonds is 6. The first kappa shape index (κ1) is 23.9. The van der Waals surface area contributed by atoms with Gasteiger partial charge in [0.15, 0.2) is 0 Å². The number of ether oxygens (including phenoxy) is 1. The van der Waals surface area contributed by atoms with Crippen LogP contribution in [0.3, 0.4) is 0 Å². The van der Waals surface area contributed by atoms with E-state index < -0.39 is 6.10 Å². The lowest BCUT2D eigenvalue weighted by atomic mass is 9.97. The van der Waals surface area contributed by atoms with E-state index in [1.54, 1.807) is 0 Å². The molecule has 4 aliphatic rings. The number of fused-ring (bicyclic) bond motifs is 2. The maximum absolute atomic E-state index is 13.3. The third kappa shape index (κ3) is 5.02. The predicted molar refractivity (Wildman–Crippen MR) is 140 cm³/mol. The molecular formula is C29H38N4O3. The van der Waals surface area contributed by atoms with Gasteiger partial charge in [-0.25, -0.2) is 0 Å². The van der Waals surface area contributed by atoms with E-state index in [2.05, 4.69) is 51.1 Å². The number of carbonyl (C=O) groups is 1. The van der Waals surface area contributed by atoms with Crippen LogP contribution < -0.4 is 4.90 Å². The number of carbonyl (C=O) groups excluding carboxylic acids is 1. The maximum atomic E-state index is 13.3. The summed E-state index contributed by atoms with van der Waals surface area (Å²) in [6.45, 7) is 9.43. The summed E-state index contributed by atoms with van der Waals surface area (Å²) in [6.07, 6.45) is 2.48. The summed E-state index contributed by atoms with van der Waals surface area (Å²) in [4.78, 5) is 22.4. The van der Waals surface area contributed by atoms with E-state index in [4.69, 9.17) is 4.74 Å². The van der Waals surface area contributed by atoms with E-state index in [1.165, 1.54) is 16.8 Å². The van der Waals surface area contributed by atoms with Crippen molar-refractivity contribution in [2.45, 2.75) is 38.0 Å². The number of benzene rings is 2. The van der Waals surface area contributed by atoms with Crippen molar-refractivity contribution in [2.24, 2.45) is 0 Å². The summed E-state index contributed by atoms with van der Waals surface area (Å²) < 4.78 is 5.57. The molecular weight excluding hydrogens is 452 g/mol. The van der Waals surface area contributed by atoms with Gasteiger partial charge in [0.25, 0.3) is 5.91 Å². The van der Waals surface area contributed by atoms with E-state index in [0.717, 1.165) is 82.9 Å². The highest BCUT2D eigenvalue weighted by Gasteiger charge is 2.30. The Morgan fingerprint density at radius 2 is 1.72 bits per heavy atom. The molecule has 4 aliphatic heterocycles. The molecule has 1 amide bonds. The first-order valence-electron chi connectivity index (χ1n) is 13.6. The standard InChI is InChI=1S/C29H38N4O3/c34-27(19-30-10-7-22-3-1-2-4-24(22)18-30)20-33-11-8-23-17-25(5-6-28(23)29(33)35)31-12-14-32(15-13-31)26-9-16-36-21-26/h1-6,17,26-27,34H,7-16,18-21H2. The molecule has 2 saturated heterocycles. The van der Waals surface area contributed by atoms with Crippen LogP contribution in [-0.4, -0.2) is 103 Å². The highest BCUT2D eigenvalue weighted by molar-refractivity contribution is 5.97. The van der Waals surface area contributed by atoms with Crippen LogP contribution >= 0.6 is 0 Å². The average Bonchev–Trinajstić information content (AvgIpc) is 3.45. The van der Waals surface area contributed by atoms with Crippen LogP contribution in [0.1, 0.15) is 33.5 Å². The molecule has 0 aliphatic carbocycles. The van der Waals surface area contributed by atoms with Crippen molar-refractivity contribution in [1.29, 1.82) is 0 Å². The van der Waals surface area contributed by atoms with E-state index in [1.807, 2.05) is 11.0 Å². The van der Waals surface area contributed by atoms with Crippen molar-refractivity contribution in [1.82, 2.24) is 14.7 Å². The van der Waals surface area contributed by atoms with Gasteiger partial charge < -0.3 is 19.6 Å². The first-order valence-corrected chi connectivity index (χ1v) is 13.6. The molecule has 4 heterocycles. The molecule has 1 N–H and O–H groups in total. The Morgan fingerprint density at radius 1 is 0.917 bits per heavy atom. The van der Waals surface area contributed by atoms with Gasteiger partial charge in [-0.2, -0.15) is 0 Å². The highest BCUT2D eigenvalue weighted by Crippen LogP contribution is 2.27. The van der Waals surface area contributed by atoms with Crippen molar-refractivity contribution >= 4 is 11.6 Å². The van der Waals surface area contributed by atoms with E-state index in [0.29, 0.717) is 25.7 Å². The molecule has 2 aromatic carbocycles. The van der Waals surface area contributed by atoms with Gasteiger partial charge in [0.05, 0.1) is 12.7 Å². The van der Waals surface area contributed by atoms with Gasteiger partial charge >= 0.3 is 0 Å². The average molecular weight is 491 g/mol. The van der Waals surface area contributed by atoms with Gasteiger partial charge in [0, 0.05) is 82.8 Å². The minimum absolute atomic E-state index is 0.0527. The largest absolute Gasteiger partial charge is 0.390 e. The van der Waals surface area contributed by atoms with Gasteiger partial charge in [0.2, 0.25) is 0 Å². The molecule has 0 bridgehead atoms. The van der Waals surface area contributed by atoms with Crippen molar-refractivity contribution < 1.29 is 14.6 Å². The molecule has 0 saturated carbocycles. The highest BCUT2D eigenvalue weighted by atomic mass is 16.5. The summed E-state index contributed by atoms with van der Waals surface area (Å²) in [7, 11) is 0. The van der Waals surface area contributed by atoms with Gasteiger partial charge in [-0.1, -0.05) is 24.3 Å². The zero-order chi connectivity index (χ0) is 24.5. The summed E-state index contributed by atoms with van der Waals surface area (Å²) in [5.74, 6) is 0.0527. The lowest BCUT2D eigenvalue weighted by Gasteiger charge is -2.39. The van der Waals surface area contributed by atoms with Gasteiger partial charge in [-0.05, 0) is 54.2 Å². The second kappa shape index (κ2) is 10.5. The Labute approximate surface area is 214 Å². The third-order valence-corrected chi connectivity index (χ3v) is 8.47. The number of hydrogen-bond donors (Lipinski definition) is 1. The SMILES string of the molecule is O=C1c2ccc(N3CCN(C4CCOC4)CC3)cc2CCN1CC(O)CN1CCc2ccccc2C1. The minimum Gasteiger partial charge on any atom is -0.390 e. The molecule has 6 rings (SSSR count). The molecule has 0 radical (unpaired) electrons. The van der Waals surface area contributed by atoms with Crippen LogP contribution in [0, 0.1) is 0 Å². The van der Waals surface area contributed by atoms with E-state index in [9.17, 15) is 9.90 Å². The van der Waals surface area contributed by atoms with Crippen LogP contribution in [0.2, 0.25) is 0 Å². The van der Waals surface area contributed by atoms with Crippen LogP contribution in [0.5, 0.6) is 0 Å². The summed E-state index contributed by atoms with van der Waals surface area (Å²) in [6, 6.07) is 15.5.